The number of benzene rings is 1. The molecule has 1 aromatic carbocycles. The van der Waals surface area contributed by atoms with Gasteiger partial charge in [-0.25, -0.2) is 4.39 Å². The Kier molecular flexibility index (Phi) is 9.41. The number of ether oxygens (including phenoxy) is 1. The van der Waals surface area contributed by atoms with E-state index in [4.69, 9.17) is 4.74 Å². The summed E-state index contributed by atoms with van der Waals surface area (Å²) in [6.45, 7) is 6.34. The van der Waals surface area contributed by atoms with Gasteiger partial charge in [0.15, 0.2) is 0 Å². The van der Waals surface area contributed by atoms with E-state index in [2.05, 4.69) is 5.32 Å². The minimum atomic E-state index is -0.509. The van der Waals surface area contributed by atoms with Gasteiger partial charge in [-0.15, -0.1) is 0 Å². The van der Waals surface area contributed by atoms with Crippen LogP contribution in [0.3, 0.4) is 0 Å². The van der Waals surface area contributed by atoms with Crippen LogP contribution in [0, 0.1) is 17.7 Å². The van der Waals surface area contributed by atoms with Crippen molar-refractivity contribution in [1.29, 1.82) is 0 Å². The highest BCUT2D eigenvalue weighted by Crippen LogP contribution is 2.28. The molecule has 4 rings (SSSR count). The van der Waals surface area contributed by atoms with Crippen molar-refractivity contribution in [1.82, 2.24) is 19.7 Å². The van der Waals surface area contributed by atoms with Crippen LogP contribution < -0.4 is 5.32 Å². The topological polar surface area (TPSA) is 83.9 Å². The van der Waals surface area contributed by atoms with Gasteiger partial charge in [-0.1, -0.05) is 33.1 Å². The smallest absolute Gasteiger partial charge is 0.270 e. The molecule has 208 valence electrons. The van der Waals surface area contributed by atoms with Crippen LogP contribution in [-0.2, 0) is 20.9 Å². The third-order valence-electron chi connectivity index (χ3n) is 8.23. The van der Waals surface area contributed by atoms with Gasteiger partial charge in [0, 0.05) is 51.1 Å². The SMILES string of the molecule is CC[C@@H](C)C(=O)N[C@H](C(=O)N1CCN(C(=O)c2cc3ccc(F)cc3n2CCOC)CC1)C1CCCCC1. The number of piperazine rings is 1. The molecule has 38 heavy (non-hydrogen) atoms. The molecule has 1 saturated carbocycles. The highest BCUT2D eigenvalue weighted by atomic mass is 19.1. The zero-order valence-corrected chi connectivity index (χ0v) is 22.9. The number of aromatic nitrogens is 1. The molecule has 2 aliphatic rings. The number of hydrogen-bond acceptors (Lipinski definition) is 4. The van der Waals surface area contributed by atoms with E-state index in [1.165, 1.54) is 18.6 Å². The lowest BCUT2D eigenvalue weighted by Gasteiger charge is -2.39. The molecule has 9 heteroatoms. The van der Waals surface area contributed by atoms with E-state index < -0.39 is 6.04 Å². The molecule has 2 heterocycles. The number of nitrogens with zero attached hydrogens (tertiary/aromatic N) is 3. The molecule has 1 aromatic heterocycles. The zero-order valence-electron chi connectivity index (χ0n) is 22.9. The lowest BCUT2D eigenvalue weighted by Crippen LogP contribution is -2.58. The number of fused-ring (bicyclic) bond motifs is 1. The molecule has 0 unspecified atom stereocenters. The van der Waals surface area contributed by atoms with Crippen LogP contribution in [0.5, 0.6) is 0 Å². The Bertz CT molecular complexity index is 1140. The number of hydrogen-bond donors (Lipinski definition) is 1. The first-order chi connectivity index (χ1) is 18.3. The maximum atomic E-state index is 14.0. The van der Waals surface area contributed by atoms with Crippen molar-refractivity contribution in [3.63, 3.8) is 0 Å². The van der Waals surface area contributed by atoms with Crippen LogP contribution in [0.25, 0.3) is 10.9 Å². The van der Waals surface area contributed by atoms with Crippen molar-refractivity contribution < 1.29 is 23.5 Å². The van der Waals surface area contributed by atoms with E-state index in [1.54, 1.807) is 29.0 Å². The average Bonchev–Trinajstić information content (AvgIpc) is 3.31. The molecular formula is C29H41FN4O4. The number of nitrogens with one attached hydrogen (secondary N) is 1. The van der Waals surface area contributed by atoms with Gasteiger partial charge in [-0.05, 0) is 49.4 Å². The molecule has 1 aliphatic heterocycles. The summed E-state index contributed by atoms with van der Waals surface area (Å²) in [5.41, 5.74) is 1.15. The van der Waals surface area contributed by atoms with Gasteiger partial charge < -0.3 is 24.4 Å². The van der Waals surface area contributed by atoms with Crippen LogP contribution in [0.1, 0.15) is 62.9 Å². The summed E-state index contributed by atoms with van der Waals surface area (Å²) in [6, 6.07) is 5.81. The number of carbonyl (C=O) groups is 3. The second kappa shape index (κ2) is 12.7. The fraction of sp³-hybridized carbons (Fsp3) is 0.621. The van der Waals surface area contributed by atoms with E-state index in [-0.39, 0.29) is 35.4 Å². The summed E-state index contributed by atoms with van der Waals surface area (Å²) in [6.07, 6.45) is 5.95. The minimum Gasteiger partial charge on any atom is -0.383 e. The molecule has 2 aromatic rings. The summed E-state index contributed by atoms with van der Waals surface area (Å²) in [5.74, 6) is -0.578. The molecule has 0 bridgehead atoms. The first-order valence-electron chi connectivity index (χ1n) is 14.0. The maximum Gasteiger partial charge on any atom is 0.270 e. The molecule has 2 fully saturated rings. The standard InChI is InChI=1S/C29H41FN4O4/c1-4-20(2)27(35)31-26(21-8-6-5-7-9-21)29(37)33-14-12-32(13-15-33)28(36)25-18-22-10-11-23(30)19-24(22)34(25)16-17-38-3/h10-11,18-21,26H,4-9,12-17H2,1-3H3,(H,31,35)/t20-,26+/m1/s1. The normalized spacial score (nSPS) is 18.4. The average molecular weight is 529 g/mol. The second-order valence-corrected chi connectivity index (χ2v) is 10.7. The van der Waals surface area contributed by atoms with Gasteiger partial charge in [-0.3, -0.25) is 14.4 Å². The van der Waals surface area contributed by atoms with Gasteiger partial charge in [0.2, 0.25) is 11.8 Å². The number of methoxy groups -OCH3 is 1. The second-order valence-electron chi connectivity index (χ2n) is 10.7. The van der Waals surface area contributed by atoms with Crippen LogP contribution in [0.4, 0.5) is 4.39 Å². The first-order valence-corrected chi connectivity index (χ1v) is 14.0. The minimum absolute atomic E-state index is 0.0367. The highest BCUT2D eigenvalue weighted by molar-refractivity contribution is 5.99. The van der Waals surface area contributed by atoms with Crippen molar-refractivity contribution in [3.8, 4) is 0 Å². The number of amides is 3. The van der Waals surface area contributed by atoms with Gasteiger partial charge in [0.25, 0.3) is 5.91 Å². The first kappa shape index (κ1) is 28.1. The molecule has 1 saturated heterocycles. The Hall–Kier alpha value is -2.94. The van der Waals surface area contributed by atoms with Crippen LogP contribution in [-0.4, -0.2) is 78.0 Å². The fourth-order valence-electron chi connectivity index (χ4n) is 5.65. The summed E-state index contributed by atoms with van der Waals surface area (Å²) in [7, 11) is 1.59. The molecular weight excluding hydrogens is 487 g/mol. The van der Waals surface area contributed by atoms with E-state index >= 15 is 0 Å². The van der Waals surface area contributed by atoms with Gasteiger partial charge in [0.1, 0.15) is 17.6 Å². The number of rotatable bonds is 9. The number of halogens is 1. The molecule has 3 amide bonds. The van der Waals surface area contributed by atoms with E-state index in [0.29, 0.717) is 50.5 Å². The summed E-state index contributed by atoms with van der Waals surface area (Å²) >= 11 is 0. The van der Waals surface area contributed by atoms with Gasteiger partial charge >= 0.3 is 0 Å². The Morgan fingerprint density at radius 1 is 1.05 bits per heavy atom. The predicted molar refractivity (Wildman–Crippen MR) is 144 cm³/mol. The Labute approximate surface area is 224 Å². The molecule has 0 spiro atoms. The largest absolute Gasteiger partial charge is 0.383 e. The zero-order chi connectivity index (χ0) is 27.2. The molecule has 8 nitrogen and oxygen atoms in total. The molecule has 1 N–H and O–H groups in total. The molecule has 1 aliphatic carbocycles. The Morgan fingerprint density at radius 3 is 2.39 bits per heavy atom. The fourth-order valence-corrected chi connectivity index (χ4v) is 5.65. The lowest BCUT2D eigenvalue weighted by atomic mass is 9.83. The summed E-state index contributed by atoms with van der Waals surface area (Å²) < 4.78 is 21.0. The van der Waals surface area contributed by atoms with Crippen molar-refractivity contribution >= 4 is 28.6 Å². The van der Waals surface area contributed by atoms with Crippen molar-refractivity contribution in [2.45, 2.75) is 65.0 Å². The van der Waals surface area contributed by atoms with Crippen LogP contribution in [0.15, 0.2) is 24.3 Å². The van der Waals surface area contributed by atoms with Crippen LogP contribution >= 0.6 is 0 Å². The van der Waals surface area contributed by atoms with Crippen molar-refractivity contribution in [2.75, 3.05) is 39.9 Å². The molecule has 0 radical (unpaired) electrons. The quantitative estimate of drug-likeness (QED) is 0.536. The van der Waals surface area contributed by atoms with E-state index in [0.717, 1.165) is 37.5 Å². The predicted octanol–water partition coefficient (Wildman–Crippen LogP) is 3.82. The maximum absolute atomic E-state index is 14.0. The van der Waals surface area contributed by atoms with Crippen molar-refractivity contribution in [2.24, 2.45) is 11.8 Å². The van der Waals surface area contributed by atoms with E-state index in [9.17, 15) is 18.8 Å². The van der Waals surface area contributed by atoms with Gasteiger partial charge in [0.05, 0.1) is 12.1 Å². The number of carbonyl (C=O) groups excluding carboxylic acids is 3. The lowest BCUT2D eigenvalue weighted by molar-refractivity contribution is -0.140. The van der Waals surface area contributed by atoms with Crippen LogP contribution in [0.2, 0.25) is 0 Å². The Morgan fingerprint density at radius 2 is 1.74 bits per heavy atom. The summed E-state index contributed by atoms with van der Waals surface area (Å²) in [4.78, 5) is 43.5. The van der Waals surface area contributed by atoms with Gasteiger partial charge in [-0.2, -0.15) is 0 Å². The monoisotopic (exact) mass is 528 g/mol. The Balaban J connectivity index is 1.46. The molecule has 2 atom stereocenters. The highest BCUT2D eigenvalue weighted by Gasteiger charge is 2.36. The summed E-state index contributed by atoms with van der Waals surface area (Å²) in [5, 5.41) is 3.88. The van der Waals surface area contributed by atoms with E-state index in [1.807, 2.05) is 18.4 Å². The third-order valence-corrected chi connectivity index (χ3v) is 8.23. The third kappa shape index (κ3) is 6.20. The van der Waals surface area contributed by atoms with Crippen molar-refractivity contribution in [3.05, 3.63) is 35.8 Å².